The molecule has 2 N–H and O–H groups in total. The van der Waals surface area contributed by atoms with Gasteiger partial charge in [0.25, 0.3) is 0 Å². The monoisotopic (exact) mass is 281 g/mol. The van der Waals surface area contributed by atoms with E-state index in [9.17, 15) is 4.39 Å². The van der Waals surface area contributed by atoms with Gasteiger partial charge in [0.1, 0.15) is 5.82 Å². The second-order valence-corrected chi connectivity index (χ2v) is 5.91. The topological polar surface area (TPSA) is 43.8 Å². The van der Waals surface area contributed by atoms with Gasteiger partial charge in [-0.15, -0.1) is 0 Å². The van der Waals surface area contributed by atoms with Crippen molar-refractivity contribution in [3.05, 3.63) is 23.0 Å². The van der Waals surface area contributed by atoms with Crippen LogP contribution in [0.15, 0.2) is 12.1 Å². The molecule has 2 aromatic rings. The molecule has 0 amide bonds. The van der Waals surface area contributed by atoms with Gasteiger partial charge in [-0.05, 0) is 24.3 Å². The van der Waals surface area contributed by atoms with Crippen LogP contribution in [0.4, 0.5) is 10.3 Å². The van der Waals surface area contributed by atoms with Gasteiger partial charge in [-0.25, -0.2) is 9.37 Å². The van der Waals surface area contributed by atoms with Crippen LogP contribution in [0, 0.1) is 17.7 Å². The first kappa shape index (κ1) is 12.7. The lowest BCUT2D eigenvalue weighted by Crippen LogP contribution is -2.14. The average molecular weight is 282 g/mol. The number of anilines is 1. The first-order chi connectivity index (χ1) is 9.06. The number of hydrogen-bond acceptors (Lipinski definition) is 2. The van der Waals surface area contributed by atoms with Crippen LogP contribution in [0.3, 0.4) is 0 Å². The van der Waals surface area contributed by atoms with Crippen LogP contribution in [0.2, 0.25) is 5.02 Å². The van der Waals surface area contributed by atoms with Crippen LogP contribution in [0.5, 0.6) is 0 Å². The molecular formula is C14H17ClFN3. The molecule has 1 aliphatic carbocycles. The number of fused-ring (bicyclic) bond motifs is 1. The standard InChI is InChI=1S/C14H17ClFN3/c1-8-3-2-4-9(8)7-19-13-5-10(15)11(16)6-12(13)18-14(19)17/h5-6,8-9H,2-4,7H2,1H3,(H2,17,18). The lowest BCUT2D eigenvalue weighted by molar-refractivity contribution is 0.370. The van der Waals surface area contributed by atoms with Crippen LogP contribution in [-0.4, -0.2) is 9.55 Å². The van der Waals surface area contributed by atoms with E-state index in [1.165, 1.54) is 25.3 Å². The Kier molecular flexibility index (Phi) is 3.13. The molecule has 2 unspecified atom stereocenters. The Balaban J connectivity index is 2.02. The van der Waals surface area contributed by atoms with Crippen molar-refractivity contribution in [2.24, 2.45) is 11.8 Å². The van der Waals surface area contributed by atoms with E-state index in [0.29, 0.717) is 23.3 Å². The maximum atomic E-state index is 13.4. The van der Waals surface area contributed by atoms with E-state index < -0.39 is 5.82 Å². The Hall–Kier alpha value is -1.29. The van der Waals surface area contributed by atoms with Crippen molar-refractivity contribution >= 4 is 28.6 Å². The van der Waals surface area contributed by atoms with Gasteiger partial charge in [0, 0.05) is 12.6 Å². The fraction of sp³-hybridized carbons (Fsp3) is 0.500. The summed E-state index contributed by atoms with van der Waals surface area (Å²) >= 11 is 5.86. The first-order valence-electron chi connectivity index (χ1n) is 6.67. The van der Waals surface area contributed by atoms with E-state index in [2.05, 4.69) is 11.9 Å². The van der Waals surface area contributed by atoms with Gasteiger partial charge in [0.2, 0.25) is 5.95 Å². The summed E-state index contributed by atoms with van der Waals surface area (Å²) in [5, 5.41) is 0.119. The smallest absolute Gasteiger partial charge is 0.201 e. The largest absolute Gasteiger partial charge is 0.369 e. The van der Waals surface area contributed by atoms with Gasteiger partial charge in [-0.1, -0.05) is 31.4 Å². The predicted octanol–water partition coefficient (Wildman–Crippen LogP) is 3.85. The Bertz CT molecular complexity index is 623. The normalized spacial score (nSPS) is 23.3. The zero-order valence-corrected chi connectivity index (χ0v) is 11.6. The highest BCUT2D eigenvalue weighted by Crippen LogP contribution is 2.34. The minimum Gasteiger partial charge on any atom is -0.369 e. The number of nitrogens with two attached hydrogens (primary N) is 1. The Morgan fingerprint density at radius 1 is 1.47 bits per heavy atom. The molecule has 102 valence electrons. The number of benzene rings is 1. The molecule has 5 heteroatoms. The number of nitrogen functional groups attached to an aromatic ring is 1. The summed E-state index contributed by atoms with van der Waals surface area (Å²) < 4.78 is 15.4. The zero-order chi connectivity index (χ0) is 13.6. The number of rotatable bonds is 2. The molecule has 2 atom stereocenters. The number of halogens is 2. The molecule has 1 aliphatic rings. The quantitative estimate of drug-likeness (QED) is 0.909. The number of hydrogen-bond donors (Lipinski definition) is 1. The zero-order valence-electron chi connectivity index (χ0n) is 10.9. The highest BCUT2D eigenvalue weighted by molar-refractivity contribution is 6.31. The summed E-state index contributed by atoms with van der Waals surface area (Å²) in [6, 6.07) is 2.97. The Labute approximate surface area is 116 Å². The maximum absolute atomic E-state index is 13.4. The molecule has 3 nitrogen and oxygen atoms in total. The second kappa shape index (κ2) is 4.67. The lowest BCUT2D eigenvalue weighted by atomic mass is 9.98. The number of aromatic nitrogens is 2. The van der Waals surface area contributed by atoms with E-state index in [0.717, 1.165) is 12.1 Å². The molecule has 1 aromatic carbocycles. The van der Waals surface area contributed by atoms with Gasteiger partial charge in [0.05, 0.1) is 16.1 Å². The fourth-order valence-corrected chi connectivity index (χ4v) is 3.22. The van der Waals surface area contributed by atoms with Gasteiger partial charge in [0.15, 0.2) is 0 Å². The van der Waals surface area contributed by atoms with Crippen molar-refractivity contribution < 1.29 is 4.39 Å². The summed E-state index contributed by atoms with van der Waals surface area (Å²) in [4.78, 5) is 4.22. The molecule has 19 heavy (non-hydrogen) atoms. The molecule has 0 spiro atoms. The van der Waals surface area contributed by atoms with Crippen LogP contribution in [-0.2, 0) is 6.54 Å². The number of imidazole rings is 1. The second-order valence-electron chi connectivity index (χ2n) is 5.50. The molecule has 0 saturated heterocycles. The maximum Gasteiger partial charge on any atom is 0.201 e. The lowest BCUT2D eigenvalue weighted by Gasteiger charge is -2.17. The molecule has 1 saturated carbocycles. The SMILES string of the molecule is CC1CCCC1Cn1c(N)nc2cc(F)c(Cl)cc21. The summed E-state index contributed by atoms with van der Waals surface area (Å²) in [6.07, 6.45) is 3.76. The summed E-state index contributed by atoms with van der Waals surface area (Å²) in [7, 11) is 0. The molecule has 0 aliphatic heterocycles. The van der Waals surface area contributed by atoms with E-state index in [-0.39, 0.29) is 5.02 Å². The van der Waals surface area contributed by atoms with Gasteiger partial charge >= 0.3 is 0 Å². The molecular weight excluding hydrogens is 265 g/mol. The first-order valence-corrected chi connectivity index (χ1v) is 7.05. The van der Waals surface area contributed by atoms with Crippen molar-refractivity contribution in [1.82, 2.24) is 9.55 Å². The molecule has 1 aromatic heterocycles. The minimum atomic E-state index is -0.451. The van der Waals surface area contributed by atoms with E-state index in [1.807, 2.05) is 4.57 Å². The van der Waals surface area contributed by atoms with Gasteiger partial charge in [-0.2, -0.15) is 0 Å². The van der Waals surface area contributed by atoms with Crippen molar-refractivity contribution in [2.75, 3.05) is 5.73 Å². The van der Waals surface area contributed by atoms with Crippen LogP contribution in [0.25, 0.3) is 11.0 Å². The fourth-order valence-electron chi connectivity index (χ4n) is 3.06. The van der Waals surface area contributed by atoms with Crippen LogP contribution >= 0.6 is 11.6 Å². The summed E-state index contributed by atoms with van der Waals surface area (Å²) in [6.45, 7) is 3.12. The van der Waals surface area contributed by atoms with Crippen molar-refractivity contribution in [3.63, 3.8) is 0 Å². The van der Waals surface area contributed by atoms with E-state index in [4.69, 9.17) is 17.3 Å². The summed E-state index contributed by atoms with van der Waals surface area (Å²) in [5.74, 6) is 1.31. The Morgan fingerprint density at radius 3 is 2.95 bits per heavy atom. The predicted molar refractivity (Wildman–Crippen MR) is 75.6 cm³/mol. The third kappa shape index (κ3) is 2.18. The highest BCUT2D eigenvalue weighted by Gasteiger charge is 2.25. The van der Waals surface area contributed by atoms with Crippen molar-refractivity contribution in [3.8, 4) is 0 Å². The molecule has 1 fully saturated rings. The van der Waals surface area contributed by atoms with Crippen molar-refractivity contribution in [2.45, 2.75) is 32.7 Å². The summed E-state index contributed by atoms with van der Waals surface area (Å²) in [5.41, 5.74) is 7.36. The third-order valence-electron chi connectivity index (χ3n) is 4.28. The minimum absolute atomic E-state index is 0.119. The molecule has 0 radical (unpaired) electrons. The molecule has 1 heterocycles. The van der Waals surface area contributed by atoms with Gasteiger partial charge in [-0.3, -0.25) is 0 Å². The van der Waals surface area contributed by atoms with E-state index in [1.54, 1.807) is 6.07 Å². The third-order valence-corrected chi connectivity index (χ3v) is 4.57. The average Bonchev–Trinajstić information content (AvgIpc) is 2.88. The van der Waals surface area contributed by atoms with Crippen molar-refractivity contribution in [1.29, 1.82) is 0 Å². The van der Waals surface area contributed by atoms with E-state index >= 15 is 0 Å². The molecule has 3 rings (SSSR count). The van der Waals surface area contributed by atoms with Crippen LogP contribution in [0.1, 0.15) is 26.2 Å². The molecule has 0 bridgehead atoms. The highest BCUT2D eigenvalue weighted by atomic mass is 35.5. The number of nitrogens with zero attached hydrogens (tertiary/aromatic N) is 2. The van der Waals surface area contributed by atoms with Crippen LogP contribution < -0.4 is 5.73 Å². The van der Waals surface area contributed by atoms with Gasteiger partial charge < -0.3 is 10.3 Å². The Morgan fingerprint density at radius 2 is 2.26 bits per heavy atom.